The molecule has 0 aliphatic rings. The zero-order valence-corrected chi connectivity index (χ0v) is 15.5. The number of ether oxygens (including phenoxy) is 5. The SMILES string of the molecule is CCC(C)OCCOCCOCCOCCOCCNC(C)C.[HH]. The lowest BCUT2D eigenvalue weighted by Crippen LogP contribution is -2.27. The van der Waals surface area contributed by atoms with E-state index in [1.807, 2.05) is 0 Å². The average molecular weight is 338 g/mol. The van der Waals surface area contributed by atoms with Crippen molar-refractivity contribution in [3.63, 3.8) is 0 Å². The van der Waals surface area contributed by atoms with E-state index in [4.69, 9.17) is 23.7 Å². The summed E-state index contributed by atoms with van der Waals surface area (Å²) >= 11 is 0. The van der Waals surface area contributed by atoms with Gasteiger partial charge in [-0.1, -0.05) is 20.8 Å². The van der Waals surface area contributed by atoms with E-state index in [2.05, 4.69) is 33.0 Å². The summed E-state index contributed by atoms with van der Waals surface area (Å²) in [5, 5.41) is 3.29. The van der Waals surface area contributed by atoms with Crippen LogP contribution < -0.4 is 5.32 Å². The highest BCUT2D eigenvalue weighted by molar-refractivity contribution is 4.50. The maximum absolute atomic E-state index is 5.51. The first-order valence-corrected chi connectivity index (χ1v) is 8.82. The highest BCUT2D eigenvalue weighted by atomic mass is 16.6. The second kappa shape index (κ2) is 18.1. The van der Waals surface area contributed by atoms with Crippen LogP contribution in [-0.2, 0) is 23.7 Å². The van der Waals surface area contributed by atoms with Gasteiger partial charge >= 0.3 is 0 Å². The molecule has 1 unspecified atom stereocenters. The average Bonchev–Trinajstić information content (AvgIpc) is 2.53. The quantitative estimate of drug-likeness (QED) is 0.387. The van der Waals surface area contributed by atoms with Gasteiger partial charge in [-0.25, -0.2) is 0 Å². The second-order valence-electron chi connectivity index (χ2n) is 5.65. The first-order valence-electron chi connectivity index (χ1n) is 8.82. The van der Waals surface area contributed by atoms with Gasteiger partial charge in [0.1, 0.15) is 0 Å². The molecule has 0 bridgehead atoms. The van der Waals surface area contributed by atoms with E-state index >= 15 is 0 Å². The summed E-state index contributed by atoms with van der Waals surface area (Å²) in [6.07, 6.45) is 1.34. The summed E-state index contributed by atoms with van der Waals surface area (Å²) in [6, 6.07) is 0.503. The van der Waals surface area contributed by atoms with Crippen LogP contribution in [0.4, 0.5) is 0 Å². The van der Waals surface area contributed by atoms with E-state index in [1.54, 1.807) is 0 Å². The molecule has 0 aliphatic heterocycles. The minimum atomic E-state index is 0. The maximum Gasteiger partial charge on any atom is 0.0704 e. The van der Waals surface area contributed by atoms with Gasteiger partial charge in [0.2, 0.25) is 0 Å². The predicted molar refractivity (Wildman–Crippen MR) is 94.2 cm³/mol. The highest BCUT2D eigenvalue weighted by Crippen LogP contribution is 1.94. The van der Waals surface area contributed by atoms with Crippen LogP contribution in [0.3, 0.4) is 0 Å². The van der Waals surface area contributed by atoms with Crippen molar-refractivity contribution in [2.45, 2.75) is 46.3 Å². The van der Waals surface area contributed by atoms with Gasteiger partial charge in [-0.05, 0) is 13.3 Å². The maximum atomic E-state index is 5.51. The van der Waals surface area contributed by atoms with Gasteiger partial charge in [-0.2, -0.15) is 0 Å². The standard InChI is InChI=1S/C17H37NO5.H2/c1-5-17(4)23-15-14-22-13-12-21-11-10-20-9-8-19-7-6-18-16(2)3;/h16-18H,5-15H2,1-4H3;1H. The van der Waals surface area contributed by atoms with Gasteiger partial charge in [-0.3, -0.25) is 0 Å². The van der Waals surface area contributed by atoms with Gasteiger partial charge in [0.15, 0.2) is 0 Å². The van der Waals surface area contributed by atoms with Crippen LogP contribution in [0.5, 0.6) is 0 Å². The third-order valence-electron chi connectivity index (χ3n) is 3.12. The summed E-state index contributed by atoms with van der Waals surface area (Å²) in [7, 11) is 0. The van der Waals surface area contributed by atoms with Gasteiger partial charge in [0, 0.05) is 14.0 Å². The lowest BCUT2D eigenvalue weighted by molar-refractivity contribution is -0.0202. The molecule has 1 atom stereocenters. The predicted octanol–water partition coefficient (Wildman–Crippen LogP) is 2.11. The molecule has 0 radical (unpaired) electrons. The fourth-order valence-electron chi connectivity index (χ4n) is 1.61. The molecular weight excluding hydrogens is 298 g/mol. The molecule has 0 spiro atoms. The topological polar surface area (TPSA) is 58.2 Å². The van der Waals surface area contributed by atoms with E-state index in [0.717, 1.165) is 19.6 Å². The lowest BCUT2D eigenvalue weighted by atomic mass is 10.3. The summed E-state index contributed by atoms with van der Waals surface area (Å²) in [5.74, 6) is 0. The Morgan fingerprint density at radius 2 is 1.13 bits per heavy atom. The summed E-state index contributed by atoms with van der Waals surface area (Å²) < 4.78 is 27.2. The number of rotatable bonds is 18. The molecule has 23 heavy (non-hydrogen) atoms. The summed E-state index contributed by atoms with van der Waals surface area (Å²) in [5.41, 5.74) is 0. The Kier molecular flexibility index (Phi) is 17.9. The van der Waals surface area contributed by atoms with Crippen LogP contribution in [0.2, 0.25) is 0 Å². The number of hydrogen-bond donors (Lipinski definition) is 1. The highest BCUT2D eigenvalue weighted by Gasteiger charge is 1.97. The molecule has 0 heterocycles. The molecule has 0 saturated carbocycles. The minimum absolute atomic E-state index is 0. The molecule has 0 fully saturated rings. The Bertz CT molecular complexity index is 235. The van der Waals surface area contributed by atoms with Crippen molar-refractivity contribution in [1.82, 2.24) is 5.32 Å². The fraction of sp³-hybridized carbons (Fsp3) is 1.00. The van der Waals surface area contributed by atoms with Crippen LogP contribution in [0, 0.1) is 0 Å². The zero-order chi connectivity index (χ0) is 17.2. The van der Waals surface area contributed by atoms with E-state index in [9.17, 15) is 0 Å². The monoisotopic (exact) mass is 337 g/mol. The van der Waals surface area contributed by atoms with Crippen LogP contribution in [0.1, 0.15) is 35.5 Å². The van der Waals surface area contributed by atoms with Crippen molar-refractivity contribution in [2.24, 2.45) is 0 Å². The second-order valence-corrected chi connectivity index (χ2v) is 5.65. The van der Waals surface area contributed by atoms with E-state index in [0.29, 0.717) is 65.0 Å². The van der Waals surface area contributed by atoms with Gasteiger partial charge in [0.25, 0.3) is 0 Å². The largest absolute Gasteiger partial charge is 0.378 e. The van der Waals surface area contributed by atoms with Gasteiger partial charge in [0.05, 0.1) is 65.6 Å². The van der Waals surface area contributed by atoms with Crippen LogP contribution >= 0.6 is 0 Å². The molecule has 0 aliphatic carbocycles. The molecular formula is C17H39NO5. The molecule has 0 saturated heterocycles. The first-order chi connectivity index (χ1) is 11.2. The summed E-state index contributed by atoms with van der Waals surface area (Å²) in [4.78, 5) is 0. The van der Waals surface area contributed by atoms with Crippen LogP contribution in [-0.4, -0.2) is 78.2 Å². The smallest absolute Gasteiger partial charge is 0.0704 e. The molecule has 0 aromatic heterocycles. The number of nitrogens with one attached hydrogen (secondary N) is 1. The van der Waals surface area contributed by atoms with Crippen molar-refractivity contribution in [3.05, 3.63) is 0 Å². The molecule has 0 aromatic carbocycles. The zero-order valence-electron chi connectivity index (χ0n) is 15.5. The third-order valence-corrected chi connectivity index (χ3v) is 3.12. The van der Waals surface area contributed by atoms with Gasteiger partial charge < -0.3 is 29.0 Å². The van der Waals surface area contributed by atoms with Crippen molar-refractivity contribution in [2.75, 3.05) is 66.0 Å². The lowest BCUT2D eigenvalue weighted by Gasteiger charge is -2.11. The number of hydrogen-bond acceptors (Lipinski definition) is 6. The molecule has 0 rings (SSSR count). The molecule has 6 nitrogen and oxygen atoms in total. The Balaban J connectivity index is 0. The van der Waals surface area contributed by atoms with Crippen LogP contribution in [0.15, 0.2) is 0 Å². The van der Waals surface area contributed by atoms with Crippen LogP contribution in [0.25, 0.3) is 0 Å². The molecule has 0 aromatic rings. The van der Waals surface area contributed by atoms with Gasteiger partial charge in [-0.15, -0.1) is 0 Å². The Hall–Kier alpha value is -0.240. The fourth-order valence-corrected chi connectivity index (χ4v) is 1.61. The first kappa shape index (κ1) is 22.8. The van der Waals surface area contributed by atoms with Crippen molar-refractivity contribution >= 4 is 0 Å². The molecule has 1 N–H and O–H groups in total. The third kappa shape index (κ3) is 19.7. The van der Waals surface area contributed by atoms with E-state index < -0.39 is 0 Å². The Morgan fingerprint density at radius 3 is 1.57 bits per heavy atom. The van der Waals surface area contributed by atoms with Crippen molar-refractivity contribution < 1.29 is 25.1 Å². The minimum Gasteiger partial charge on any atom is -0.378 e. The van der Waals surface area contributed by atoms with Crippen molar-refractivity contribution in [1.29, 1.82) is 0 Å². The molecule has 0 amide bonds. The normalized spacial score (nSPS) is 12.9. The summed E-state index contributed by atoms with van der Waals surface area (Å²) in [6.45, 7) is 14.9. The molecule has 142 valence electrons. The van der Waals surface area contributed by atoms with E-state index in [1.165, 1.54) is 0 Å². The van der Waals surface area contributed by atoms with E-state index in [-0.39, 0.29) is 1.43 Å². The Morgan fingerprint density at radius 1 is 0.696 bits per heavy atom. The Labute approximate surface area is 143 Å². The molecule has 6 heteroatoms. The van der Waals surface area contributed by atoms with Crippen molar-refractivity contribution in [3.8, 4) is 0 Å².